The van der Waals surface area contributed by atoms with Crippen LogP contribution in [0.1, 0.15) is 50.7 Å². The van der Waals surface area contributed by atoms with E-state index in [1.807, 2.05) is 0 Å². The number of nitrogens with one attached hydrogen (secondary N) is 1. The molecule has 0 atom stereocenters. The highest BCUT2D eigenvalue weighted by Crippen LogP contribution is 2.29. The third-order valence-corrected chi connectivity index (χ3v) is 5.39. The van der Waals surface area contributed by atoms with Crippen molar-refractivity contribution in [1.29, 1.82) is 5.41 Å². The van der Waals surface area contributed by atoms with Gasteiger partial charge in [0, 0.05) is 0 Å². The number of nitrogens with zero attached hydrogens (tertiary/aromatic N) is 2. The molecule has 3 aromatic carbocycles. The molecular weight excluding hydrogens is 342 g/mol. The molecular formula is C25H27N3. The maximum absolute atomic E-state index is 9.15. The van der Waals surface area contributed by atoms with Gasteiger partial charge in [0.05, 0.1) is 22.4 Å². The summed E-state index contributed by atoms with van der Waals surface area (Å²) in [7, 11) is 0. The van der Waals surface area contributed by atoms with Crippen LogP contribution in [0.4, 0.5) is 0 Å². The maximum Gasteiger partial charge on any atom is 0.212 e. The minimum Gasteiger partial charge on any atom is -0.278 e. The number of rotatable bonds is 4. The Kier molecular flexibility index (Phi) is 4.68. The molecule has 0 aliphatic rings. The fraction of sp³-hybridized carbons (Fsp3) is 0.240. The van der Waals surface area contributed by atoms with Crippen molar-refractivity contribution in [3.05, 3.63) is 89.5 Å². The van der Waals surface area contributed by atoms with Crippen LogP contribution in [0.2, 0.25) is 0 Å². The van der Waals surface area contributed by atoms with Gasteiger partial charge < -0.3 is 0 Å². The smallest absolute Gasteiger partial charge is 0.212 e. The second-order valence-electron chi connectivity index (χ2n) is 7.91. The summed E-state index contributed by atoms with van der Waals surface area (Å²) in [6.45, 7) is 8.82. The van der Waals surface area contributed by atoms with E-state index in [1.165, 1.54) is 11.1 Å². The van der Waals surface area contributed by atoms with Crippen molar-refractivity contribution in [2.75, 3.05) is 0 Å². The summed E-state index contributed by atoms with van der Waals surface area (Å²) in [5.41, 5.74) is 7.25. The van der Waals surface area contributed by atoms with Crippen LogP contribution in [0.15, 0.2) is 72.8 Å². The summed E-state index contributed by atoms with van der Waals surface area (Å²) in [5, 5.41) is 9.15. The number of imidazole rings is 1. The highest BCUT2D eigenvalue weighted by molar-refractivity contribution is 5.80. The number of hydrogen-bond donors (Lipinski definition) is 1. The Labute approximate surface area is 166 Å². The lowest BCUT2D eigenvalue weighted by Gasteiger charge is -2.15. The molecule has 3 nitrogen and oxygen atoms in total. The van der Waals surface area contributed by atoms with E-state index in [4.69, 9.17) is 5.41 Å². The molecule has 0 aliphatic carbocycles. The largest absolute Gasteiger partial charge is 0.278 e. The molecule has 0 saturated heterocycles. The Balaban J connectivity index is 2.12. The Morgan fingerprint density at radius 1 is 0.571 bits per heavy atom. The van der Waals surface area contributed by atoms with Gasteiger partial charge in [0.25, 0.3) is 0 Å². The van der Waals surface area contributed by atoms with Crippen molar-refractivity contribution in [2.24, 2.45) is 0 Å². The molecule has 4 aromatic rings. The molecule has 3 heteroatoms. The quantitative estimate of drug-likeness (QED) is 0.448. The normalized spacial score (nSPS) is 11.6. The summed E-state index contributed by atoms with van der Waals surface area (Å²) in [6, 6.07) is 25.2. The molecule has 1 aromatic heterocycles. The first-order valence-corrected chi connectivity index (χ1v) is 9.96. The third-order valence-electron chi connectivity index (χ3n) is 5.39. The molecule has 0 fully saturated rings. The average molecular weight is 370 g/mol. The van der Waals surface area contributed by atoms with Crippen LogP contribution in [0, 0.1) is 5.41 Å². The van der Waals surface area contributed by atoms with Crippen LogP contribution in [0.25, 0.3) is 22.4 Å². The van der Waals surface area contributed by atoms with E-state index in [-0.39, 0.29) is 0 Å². The fourth-order valence-corrected chi connectivity index (χ4v) is 4.02. The number of fused-ring (bicyclic) bond motifs is 1. The van der Waals surface area contributed by atoms with Crippen molar-refractivity contribution >= 4 is 11.0 Å². The van der Waals surface area contributed by atoms with Gasteiger partial charge in [0.1, 0.15) is 0 Å². The molecule has 0 saturated carbocycles. The first kappa shape index (κ1) is 18.3. The zero-order valence-electron chi connectivity index (χ0n) is 17.0. The minimum atomic E-state index is 0.383. The van der Waals surface area contributed by atoms with Gasteiger partial charge in [-0.15, -0.1) is 0 Å². The monoisotopic (exact) mass is 369 g/mol. The predicted molar refractivity (Wildman–Crippen MR) is 117 cm³/mol. The zero-order valence-corrected chi connectivity index (χ0v) is 17.0. The zero-order chi connectivity index (χ0) is 19.8. The number of benzene rings is 3. The topological polar surface area (TPSA) is 33.7 Å². The van der Waals surface area contributed by atoms with E-state index < -0.39 is 0 Å². The third kappa shape index (κ3) is 2.88. The Hall–Kier alpha value is -3.07. The van der Waals surface area contributed by atoms with Crippen LogP contribution in [-0.4, -0.2) is 9.13 Å². The van der Waals surface area contributed by atoms with Crippen molar-refractivity contribution in [3.8, 4) is 11.4 Å². The SMILES string of the molecule is CC(C)c1ccccc1-n1c(=N)n(-c2ccccc2C(C)C)c2ccccc21. The lowest BCUT2D eigenvalue weighted by atomic mass is 10.0. The molecule has 0 unspecified atom stereocenters. The first-order valence-electron chi connectivity index (χ1n) is 9.96. The summed E-state index contributed by atoms with van der Waals surface area (Å²) in [4.78, 5) is 0. The molecule has 1 heterocycles. The summed E-state index contributed by atoms with van der Waals surface area (Å²) in [6.07, 6.45) is 0. The van der Waals surface area contributed by atoms with E-state index >= 15 is 0 Å². The average Bonchev–Trinajstić information content (AvgIpc) is 2.99. The summed E-state index contributed by atoms with van der Waals surface area (Å²) in [5.74, 6) is 0.765. The van der Waals surface area contributed by atoms with Crippen LogP contribution in [-0.2, 0) is 0 Å². The van der Waals surface area contributed by atoms with Crippen LogP contribution in [0.5, 0.6) is 0 Å². The van der Waals surface area contributed by atoms with Crippen LogP contribution < -0.4 is 5.62 Å². The lowest BCUT2D eigenvalue weighted by molar-refractivity contribution is 0.796. The van der Waals surface area contributed by atoms with Gasteiger partial charge in [-0.3, -0.25) is 14.5 Å². The first-order chi connectivity index (χ1) is 13.5. The van der Waals surface area contributed by atoms with E-state index in [1.54, 1.807) is 0 Å². The van der Waals surface area contributed by atoms with Gasteiger partial charge in [-0.25, -0.2) is 0 Å². The summed E-state index contributed by atoms with van der Waals surface area (Å²) < 4.78 is 4.17. The molecule has 28 heavy (non-hydrogen) atoms. The van der Waals surface area contributed by atoms with E-state index in [2.05, 4.69) is 110 Å². The van der Waals surface area contributed by atoms with Gasteiger partial charge in [0.2, 0.25) is 5.62 Å². The Morgan fingerprint density at radius 2 is 0.929 bits per heavy atom. The molecule has 1 N–H and O–H groups in total. The van der Waals surface area contributed by atoms with E-state index in [0.29, 0.717) is 17.5 Å². The second-order valence-corrected chi connectivity index (χ2v) is 7.91. The maximum atomic E-state index is 9.15. The van der Waals surface area contributed by atoms with Crippen molar-refractivity contribution in [1.82, 2.24) is 9.13 Å². The molecule has 0 radical (unpaired) electrons. The molecule has 0 spiro atoms. The van der Waals surface area contributed by atoms with Gasteiger partial charge in [-0.2, -0.15) is 0 Å². The molecule has 0 aliphatic heterocycles. The Morgan fingerprint density at radius 3 is 1.32 bits per heavy atom. The highest BCUT2D eigenvalue weighted by Gasteiger charge is 2.18. The van der Waals surface area contributed by atoms with Gasteiger partial charge in [0.15, 0.2) is 0 Å². The number of aromatic nitrogens is 2. The predicted octanol–water partition coefficient (Wildman–Crippen LogP) is 6.15. The van der Waals surface area contributed by atoms with Gasteiger partial charge in [-0.1, -0.05) is 76.2 Å². The molecule has 0 bridgehead atoms. The standard InChI is InChI=1S/C25H27N3/c1-17(2)19-11-5-7-13-21(19)27-23-15-9-10-16-24(23)28(25(27)26)22-14-8-6-12-20(22)18(3)4/h5-18,26H,1-4H3. The minimum absolute atomic E-state index is 0.383. The van der Waals surface area contributed by atoms with Crippen LogP contribution >= 0.6 is 0 Å². The van der Waals surface area contributed by atoms with Crippen molar-refractivity contribution in [3.63, 3.8) is 0 Å². The summed E-state index contributed by atoms with van der Waals surface area (Å²) >= 11 is 0. The highest BCUT2D eigenvalue weighted by atomic mass is 15.2. The van der Waals surface area contributed by atoms with Crippen molar-refractivity contribution < 1.29 is 0 Å². The van der Waals surface area contributed by atoms with E-state index in [9.17, 15) is 0 Å². The van der Waals surface area contributed by atoms with Crippen molar-refractivity contribution in [2.45, 2.75) is 39.5 Å². The molecule has 0 amide bonds. The van der Waals surface area contributed by atoms with E-state index in [0.717, 1.165) is 22.4 Å². The number of para-hydroxylation sites is 4. The lowest BCUT2D eigenvalue weighted by Crippen LogP contribution is -2.24. The van der Waals surface area contributed by atoms with Gasteiger partial charge >= 0.3 is 0 Å². The van der Waals surface area contributed by atoms with Crippen LogP contribution in [0.3, 0.4) is 0 Å². The number of hydrogen-bond acceptors (Lipinski definition) is 1. The molecule has 142 valence electrons. The molecule has 4 rings (SSSR count). The van der Waals surface area contributed by atoms with Gasteiger partial charge in [-0.05, 0) is 47.2 Å². The Bertz CT molecular complexity index is 1100. The second kappa shape index (κ2) is 7.16. The fourth-order valence-electron chi connectivity index (χ4n) is 4.02.